The summed E-state index contributed by atoms with van der Waals surface area (Å²) in [5.74, 6) is -0.292. The molecule has 0 unspecified atom stereocenters. The zero-order valence-corrected chi connectivity index (χ0v) is 17.3. The summed E-state index contributed by atoms with van der Waals surface area (Å²) in [5, 5.41) is 0. The lowest BCUT2D eigenvalue weighted by Crippen LogP contribution is -2.11. The smallest absolute Gasteiger partial charge is 0.332 e. The number of carbonyl (C=O) groups is 1. The van der Waals surface area contributed by atoms with E-state index < -0.39 is 0 Å². The van der Waals surface area contributed by atoms with Crippen LogP contribution in [0.1, 0.15) is 173 Å². The van der Waals surface area contributed by atoms with Gasteiger partial charge in [0, 0.05) is 33.0 Å². The predicted octanol–water partition coefficient (Wildman–Crippen LogP) is 13.6. The number of hydrogen-bond donors (Lipinski definition) is 0. The summed E-state index contributed by atoms with van der Waals surface area (Å²) in [6, 6.07) is 0. The largest absolute Gasteiger partial charge is 0.464 e. The maximum Gasteiger partial charge on any atom is 0.332 e. The van der Waals surface area contributed by atoms with Gasteiger partial charge in [-0.25, -0.2) is 4.79 Å². The highest BCUT2D eigenvalue weighted by atomic mass is 16.7. The van der Waals surface area contributed by atoms with Gasteiger partial charge in [0.05, 0.1) is 6.61 Å². The van der Waals surface area contributed by atoms with E-state index >= 15 is 0 Å². The minimum atomic E-state index is -0.292. The monoisotopic (exact) mass is 595 g/mol. The molecule has 0 aromatic carbocycles. The zero-order valence-electron chi connectivity index (χ0n) is 17.3. The highest BCUT2D eigenvalue weighted by Crippen LogP contribution is 1.79. The van der Waals surface area contributed by atoms with Crippen LogP contribution in [0, 0.1) is 0 Å². The van der Waals surface area contributed by atoms with Crippen molar-refractivity contribution >= 4 is 5.97 Å². The summed E-state index contributed by atoms with van der Waals surface area (Å²) in [5.41, 5.74) is 0. The minimum absolute atomic E-state index is 0. The van der Waals surface area contributed by atoms with Crippen LogP contribution >= 0.6 is 0 Å². The van der Waals surface area contributed by atoms with Gasteiger partial charge in [0.2, 0.25) is 0 Å². The van der Waals surface area contributed by atoms with Crippen LogP contribution in [0.3, 0.4) is 0 Å². The fourth-order valence-electron chi connectivity index (χ4n) is 0.818. The van der Waals surface area contributed by atoms with Crippen molar-refractivity contribution in [2.45, 2.75) is 173 Å². The fourth-order valence-corrected chi connectivity index (χ4v) is 0.818. The lowest BCUT2D eigenvalue weighted by Gasteiger charge is -1.99. The SMILES string of the molecule is C.C.C.C.C.C.C.C.C.C.C.C.C.C.C.CCC.CCOCC.CCOCC(=O)OCC.CCOCOCC. The highest BCUT2D eigenvalue weighted by Gasteiger charge is 1.97. The second kappa shape index (κ2) is 185. The number of rotatable bonds is 10. The van der Waals surface area contributed by atoms with Crippen LogP contribution < -0.4 is 0 Å². The van der Waals surface area contributed by atoms with Crippen LogP contribution in [0.4, 0.5) is 0 Å². The summed E-state index contributed by atoms with van der Waals surface area (Å²) >= 11 is 0. The Morgan fingerprint density at radius 1 is 0.385 bits per heavy atom. The van der Waals surface area contributed by atoms with E-state index in [4.69, 9.17) is 18.9 Å². The molecule has 0 heterocycles. The van der Waals surface area contributed by atoms with Crippen LogP contribution in [0.25, 0.3) is 0 Å². The Bertz CT molecular complexity index is 187. The molecule has 0 radical (unpaired) electrons. The second-order valence-corrected chi connectivity index (χ2v) is 4.03. The third-order valence-electron chi connectivity index (χ3n) is 1.71. The number of esters is 1. The van der Waals surface area contributed by atoms with Gasteiger partial charge in [-0.3, -0.25) is 0 Å². The predicted molar refractivity (Wildman–Crippen MR) is 200 cm³/mol. The molecule has 0 aliphatic heterocycles. The normalized spacial score (nSPS) is 5.33. The molecule has 0 saturated heterocycles. The molecule has 0 aromatic heterocycles. The quantitative estimate of drug-likeness (QED) is 0.142. The first-order chi connectivity index (χ1) is 11.6. The molecule has 0 N–H and O–H groups in total. The van der Waals surface area contributed by atoms with Gasteiger partial charge >= 0.3 is 5.97 Å². The third-order valence-corrected chi connectivity index (χ3v) is 1.71. The van der Waals surface area contributed by atoms with Crippen LogP contribution in [-0.2, 0) is 28.5 Å². The molecular formula is C33H102O6. The van der Waals surface area contributed by atoms with Gasteiger partial charge in [0.15, 0.2) is 0 Å². The van der Waals surface area contributed by atoms with Gasteiger partial charge in [0.25, 0.3) is 0 Å². The molecule has 6 heteroatoms. The molecule has 0 atom stereocenters. The van der Waals surface area contributed by atoms with Crippen molar-refractivity contribution in [3.8, 4) is 0 Å². The van der Waals surface area contributed by atoms with E-state index in [1.54, 1.807) is 6.92 Å². The van der Waals surface area contributed by atoms with Crippen molar-refractivity contribution in [3.05, 3.63) is 0 Å². The molecule has 0 rings (SSSR count). The van der Waals surface area contributed by atoms with Gasteiger partial charge in [-0.15, -0.1) is 0 Å². The fraction of sp³-hybridized carbons (Fsp3) is 0.970. The Morgan fingerprint density at radius 3 is 0.769 bits per heavy atom. The van der Waals surface area contributed by atoms with E-state index in [9.17, 15) is 4.79 Å². The summed E-state index contributed by atoms with van der Waals surface area (Å²) in [7, 11) is 0. The molecule has 0 bridgehead atoms. The van der Waals surface area contributed by atoms with Crippen molar-refractivity contribution in [2.24, 2.45) is 0 Å². The topological polar surface area (TPSA) is 63.2 Å². The summed E-state index contributed by atoms with van der Waals surface area (Å²) in [6.45, 7) is 20.4. The molecule has 0 amide bonds. The van der Waals surface area contributed by atoms with E-state index in [1.165, 1.54) is 6.42 Å². The van der Waals surface area contributed by atoms with Gasteiger partial charge < -0.3 is 23.7 Å². The van der Waals surface area contributed by atoms with Crippen molar-refractivity contribution in [3.63, 3.8) is 0 Å². The summed E-state index contributed by atoms with van der Waals surface area (Å²) in [4.78, 5) is 10.5. The highest BCUT2D eigenvalue weighted by molar-refractivity contribution is 5.70. The minimum Gasteiger partial charge on any atom is -0.464 e. The van der Waals surface area contributed by atoms with E-state index in [0.29, 0.717) is 20.0 Å². The van der Waals surface area contributed by atoms with Crippen molar-refractivity contribution in [2.75, 3.05) is 53.0 Å². The Morgan fingerprint density at radius 2 is 0.615 bits per heavy atom. The van der Waals surface area contributed by atoms with Crippen LogP contribution in [0.15, 0.2) is 0 Å². The third kappa shape index (κ3) is 307. The Labute approximate surface area is 260 Å². The first kappa shape index (κ1) is 143. The molecule has 0 aliphatic rings. The molecular weight excluding hydrogens is 492 g/mol. The van der Waals surface area contributed by atoms with E-state index in [1.807, 2.05) is 34.6 Å². The molecule has 0 aromatic rings. The standard InChI is InChI=1S/C6H12O3.C5H12O2.C4H10O.C3H8.15CH4/c1-3-8-5-6(7)9-4-2;1-3-6-5-7-4-2;1-3-5-4-2;1-3-2;;;;;;;;;;;;;;;/h3-5H2,1-2H3;3-5H2,1-2H3;3-4H2,1-2H3;3H2,1-2H3;15*1H4. The van der Waals surface area contributed by atoms with Gasteiger partial charge in [-0.05, 0) is 41.5 Å². The van der Waals surface area contributed by atoms with Crippen LogP contribution in [0.5, 0.6) is 0 Å². The Hall–Kier alpha value is -0.690. The number of ether oxygens (including phenoxy) is 5. The Kier molecular flexibility index (Phi) is 678. The van der Waals surface area contributed by atoms with E-state index in [2.05, 4.69) is 18.6 Å². The molecule has 270 valence electrons. The Balaban J connectivity index is -0.00000000738. The van der Waals surface area contributed by atoms with E-state index in [-0.39, 0.29) is 124 Å². The lowest BCUT2D eigenvalue weighted by atomic mass is 10.6. The molecule has 0 fully saturated rings. The first-order valence-electron chi connectivity index (χ1n) is 9.02. The van der Waals surface area contributed by atoms with E-state index in [0.717, 1.165) is 26.4 Å². The first-order valence-corrected chi connectivity index (χ1v) is 9.02. The molecule has 0 saturated carbocycles. The molecule has 0 aliphatic carbocycles. The van der Waals surface area contributed by atoms with Gasteiger partial charge in [0.1, 0.15) is 13.4 Å². The second-order valence-electron chi connectivity index (χ2n) is 4.03. The lowest BCUT2D eigenvalue weighted by molar-refractivity contribution is -0.148. The summed E-state index contributed by atoms with van der Waals surface area (Å²) in [6.07, 6.45) is 1.25. The summed E-state index contributed by atoms with van der Waals surface area (Å²) < 4.78 is 23.9. The van der Waals surface area contributed by atoms with Gasteiger partial charge in [-0.2, -0.15) is 0 Å². The molecule has 6 nitrogen and oxygen atoms in total. The van der Waals surface area contributed by atoms with Crippen molar-refractivity contribution < 1.29 is 28.5 Å². The van der Waals surface area contributed by atoms with Crippen molar-refractivity contribution in [1.29, 1.82) is 0 Å². The number of carbonyl (C=O) groups excluding carboxylic acids is 1. The number of hydrogen-bond acceptors (Lipinski definition) is 6. The maximum atomic E-state index is 10.5. The van der Waals surface area contributed by atoms with Gasteiger partial charge in [-0.1, -0.05) is 132 Å². The molecule has 39 heavy (non-hydrogen) atoms. The van der Waals surface area contributed by atoms with Crippen LogP contribution in [-0.4, -0.2) is 59.0 Å². The zero-order chi connectivity index (χ0) is 19.5. The molecule has 0 spiro atoms. The van der Waals surface area contributed by atoms with Crippen LogP contribution in [0.2, 0.25) is 0 Å². The maximum absolute atomic E-state index is 10.5. The van der Waals surface area contributed by atoms with Crippen molar-refractivity contribution in [1.82, 2.24) is 0 Å². The average molecular weight is 595 g/mol. The average Bonchev–Trinajstić information content (AvgIpc) is 2.56.